The Kier molecular flexibility index (Phi) is 6.17. The van der Waals surface area contributed by atoms with Crippen molar-refractivity contribution in [2.45, 2.75) is 67.3 Å². The molecular weight excluding hydrogens is 378 g/mol. The fourth-order valence-corrected chi connectivity index (χ4v) is 6.71. The Morgan fingerprint density at radius 2 is 1.82 bits per heavy atom. The van der Waals surface area contributed by atoms with Crippen molar-refractivity contribution >= 4 is 15.7 Å². The third-order valence-electron chi connectivity index (χ3n) is 5.74. The Balaban J connectivity index is 1.99. The number of benzene rings is 1. The topological polar surface area (TPSA) is 72.9 Å². The molecule has 1 aliphatic heterocycles. The van der Waals surface area contributed by atoms with E-state index in [0.29, 0.717) is 32.5 Å². The Hall–Kier alpha value is -1.44. The molecule has 1 saturated carbocycles. The molecule has 0 bridgehead atoms. The molecule has 1 aromatic carbocycles. The highest BCUT2D eigenvalue weighted by Crippen LogP contribution is 2.41. The molecule has 1 aromatic rings. The minimum Gasteiger partial charge on any atom is -0.382 e. The van der Waals surface area contributed by atoms with Crippen molar-refractivity contribution in [1.82, 2.24) is 4.90 Å². The molecule has 6 nitrogen and oxygen atoms in total. The molecule has 1 heterocycles. The van der Waals surface area contributed by atoms with Gasteiger partial charge >= 0.3 is 0 Å². The highest BCUT2D eigenvalue weighted by atomic mass is 32.2. The lowest BCUT2D eigenvalue weighted by Crippen LogP contribution is -2.62. The largest absolute Gasteiger partial charge is 0.382 e. The van der Waals surface area contributed by atoms with Crippen LogP contribution in [0.3, 0.4) is 0 Å². The summed E-state index contributed by atoms with van der Waals surface area (Å²) in [5.41, 5.74) is -0.552. The molecule has 0 aromatic heterocycles. The zero-order valence-corrected chi connectivity index (χ0v) is 17.8. The molecule has 1 amide bonds. The van der Waals surface area contributed by atoms with Crippen molar-refractivity contribution in [1.29, 1.82) is 0 Å². The van der Waals surface area contributed by atoms with Crippen LogP contribution < -0.4 is 0 Å². The van der Waals surface area contributed by atoms with Gasteiger partial charge in [-0.05, 0) is 38.8 Å². The molecule has 2 fully saturated rings. The molecule has 1 saturated heterocycles. The number of amides is 1. The van der Waals surface area contributed by atoms with Crippen LogP contribution in [0.5, 0.6) is 0 Å². The van der Waals surface area contributed by atoms with E-state index in [-0.39, 0.29) is 16.9 Å². The molecule has 1 aliphatic carbocycles. The van der Waals surface area contributed by atoms with Crippen LogP contribution in [0.4, 0.5) is 0 Å². The SMILES string of the molecule is COCC1CN(C(=O)C2(S(=O)(=O)c3ccccc3)CCCCC2)CC(C)(C)O1. The maximum Gasteiger partial charge on any atom is 0.244 e. The van der Waals surface area contributed by atoms with Gasteiger partial charge in [-0.3, -0.25) is 4.79 Å². The Labute approximate surface area is 168 Å². The average molecular weight is 410 g/mol. The predicted octanol–water partition coefficient (Wildman–Crippen LogP) is 2.82. The van der Waals surface area contributed by atoms with Crippen molar-refractivity contribution < 1.29 is 22.7 Å². The summed E-state index contributed by atoms with van der Waals surface area (Å²) < 4.78 is 37.2. The van der Waals surface area contributed by atoms with Gasteiger partial charge in [0.05, 0.1) is 23.2 Å². The van der Waals surface area contributed by atoms with Gasteiger partial charge in [0.15, 0.2) is 14.6 Å². The van der Waals surface area contributed by atoms with Crippen LogP contribution in [0.1, 0.15) is 46.0 Å². The third-order valence-corrected chi connectivity index (χ3v) is 8.24. The summed E-state index contributed by atoms with van der Waals surface area (Å²) in [5, 5.41) is 0. The second-order valence-electron chi connectivity index (χ2n) is 8.51. The summed E-state index contributed by atoms with van der Waals surface area (Å²) in [7, 11) is -2.21. The lowest BCUT2D eigenvalue weighted by molar-refractivity contribution is -0.171. The minimum absolute atomic E-state index is 0.228. The average Bonchev–Trinajstić information content (AvgIpc) is 2.67. The molecule has 0 radical (unpaired) electrons. The van der Waals surface area contributed by atoms with Gasteiger partial charge in [-0.1, -0.05) is 37.5 Å². The van der Waals surface area contributed by atoms with Gasteiger partial charge in [0.25, 0.3) is 0 Å². The minimum atomic E-state index is -3.80. The number of sulfone groups is 1. The van der Waals surface area contributed by atoms with E-state index in [0.717, 1.165) is 19.3 Å². The first-order valence-electron chi connectivity index (χ1n) is 9.98. The maximum absolute atomic E-state index is 13.8. The van der Waals surface area contributed by atoms with Crippen LogP contribution in [-0.2, 0) is 24.1 Å². The molecule has 7 heteroatoms. The second-order valence-corrected chi connectivity index (χ2v) is 10.8. The van der Waals surface area contributed by atoms with Crippen LogP contribution in [0.15, 0.2) is 35.2 Å². The fraction of sp³-hybridized carbons (Fsp3) is 0.667. The number of hydrogen-bond donors (Lipinski definition) is 0. The highest BCUT2D eigenvalue weighted by molar-refractivity contribution is 7.93. The second kappa shape index (κ2) is 8.13. The van der Waals surface area contributed by atoms with Gasteiger partial charge in [-0.25, -0.2) is 8.42 Å². The first kappa shape index (κ1) is 21.3. The monoisotopic (exact) mass is 409 g/mol. The lowest BCUT2D eigenvalue weighted by atomic mass is 9.86. The molecule has 156 valence electrons. The fourth-order valence-electron chi connectivity index (χ4n) is 4.56. The number of rotatable bonds is 5. The predicted molar refractivity (Wildman–Crippen MR) is 107 cm³/mol. The first-order valence-corrected chi connectivity index (χ1v) is 11.5. The van der Waals surface area contributed by atoms with Gasteiger partial charge in [-0.15, -0.1) is 0 Å². The molecule has 1 unspecified atom stereocenters. The van der Waals surface area contributed by atoms with E-state index in [1.165, 1.54) is 0 Å². The number of ether oxygens (including phenoxy) is 2. The number of hydrogen-bond acceptors (Lipinski definition) is 5. The lowest BCUT2D eigenvalue weighted by Gasteiger charge is -2.46. The highest BCUT2D eigenvalue weighted by Gasteiger charge is 2.54. The number of nitrogens with zero attached hydrogens (tertiary/aromatic N) is 1. The van der Waals surface area contributed by atoms with E-state index in [1.54, 1.807) is 42.3 Å². The van der Waals surface area contributed by atoms with Crippen LogP contribution in [-0.4, -0.2) is 62.5 Å². The standard InChI is InChI=1S/C21H31NO5S/c1-20(2)16-22(14-17(27-20)15-26-3)19(23)21(12-8-5-9-13-21)28(24,25)18-10-6-4-7-11-18/h4,6-7,10-11,17H,5,8-9,12-16H2,1-3H3. The number of methoxy groups -OCH3 is 1. The van der Waals surface area contributed by atoms with E-state index in [9.17, 15) is 13.2 Å². The Bertz CT molecular complexity index is 784. The van der Waals surface area contributed by atoms with E-state index in [2.05, 4.69) is 0 Å². The van der Waals surface area contributed by atoms with Crippen molar-refractivity contribution in [3.63, 3.8) is 0 Å². The summed E-state index contributed by atoms with van der Waals surface area (Å²) in [5.74, 6) is -0.284. The smallest absolute Gasteiger partial charge is 0.244 e. The Morgan fingerprint density at radius 1 is 1.18 bits per heavy atom. The molecule has 3 rings (SSSR count). The first-order chi connectivity index (χ1) is 13.2. The summed E-state index contributed by atoms with van der Waals surface area (Å²) in [4.78, 5) is 15.7. The zero-order chi connectivity index (χ0) is 20.4. The summed E-state index contributed by atoms with van der Waals surface area (Å²) in [6.07, 6.45) is 2.92. The van der Waals surface area contributed by atoms with Crippen LogP contribution >= 0.6 is 0 Å². The van der Waals surface area contributed by atoms with Crippen molar-refractivity contribution in [3.05, 3.63) is 30.3 Å². The van der Waals surface area contributed by atoms with Gasteiger partial charge in [0.1, 0.15) is 0 Å². The molecular formula is C21H31NO5S. The summed E-state index contributed by atoms with van der Waals surface area (Å²) >= 11 is 0. The van der Waals surface area contributed by atoms with Gasteiger partial charge in [0, 0.05) is 20.2 Å². The quantitative estimate of drug-likeness (QED) is 0.748. The van der Waals surface area contributed by atoms with Crippen LogP contribution in [0.2, 0.25) is 0 Å². The number of carbonyl (C=O) groups is 1. The molecule has 0 N–H and O–H groups in total. The van der Waals surface area contributed by atoms with Crippen molar-refractivity contribution in [2.24, 2.45) is 0 Å². The van der Waals surface area contributed by atoms with E-state index in [1.807, 2.05) is 13.8 Å². The van der Waals surface area contributed by atoms with Crippen LogP contribution in [0, 0.1) is 0 Å². The molecule has 0 spiro atoms. The van der Waals surface area contributed by atoms with Gasteiger partial charge in [0.2, 0.25) is 5.91 Å². The van der Waals surface area contributed by atoms with E-state index in [4.69, 9.17) is 9.47 Å². The van der Waals surface area contributed by atoms with Gasteiger partial charge < -0.3 is 14.4 Å². The number of morpholine rings is 1. The molecule has 1 atom stereocenters. The zero-order valence-electron chi connectivity index (χ0n) is 17.0. The Morgan fingerprint density at radius 3 is 2.43 bits per heavy atom. The van der Waals surface area contributed by atoms with Crippen molar-refractivity contribution in [2.75, 3.05) is 26.8 Å². The van der Waals surface area contributed by atoms with E-state index < -0.39 is 20.2 Å². The van der Waals surface area contributed by atoms with Gasteiger partial charge in [-0.2, -0.15) is 0 Å². The normalized spacial score (nSPS) is 24.7. The third kappa shape index (κ3) is 3.98. The molecule has 28 heavy (non-hydrogen) atoms. The van der Waals surface area contributed by atoms with Crippen LogP contribution in [0.25, 0.3) is 0 Å². The number of carbonyl (C=O) groups excluding carboxylic acids is 1. The van der Waals surface area contributed by atoms with E-state index >= 15 is 0 Å². The van der Waals surface area contributed by atoms with Crippen molar-refractivity contribution in [3.8, 4) is 0 Å². The summed E-state index contributed by atoms with van der Waals surface area (Å²) in [6.45, 7) is 4.94. The molecule has 2 aliphatic rings. The summed E-state index contributed by atoms with van der Waals surface area (Å²) in [6, 6.07) is 8.39. The maximum atomic E-state index is 13.8.